The van der Waals surface area contributed by atoms with Gasteiger partial charge in [0.15, 0.2) is 5.78 Å². The van der Waals surface area contributed by atoms with Gasteiger partial charge >= 0.3 is 0 Å². The van der Waals surface area contributed by atoms with Gasteiger partial charge in [0.05, 0.1) is 5.52 Å². The van der Waals surface area contributed by atoms with Gasteiger partial charge in [-0.3, -0.25) is 23.4 Å². The van der Waals surface area contributed by atoms with Crippen molar-refractivity contribution < 1.29 is 9.59 Å². The summed E-state index contributed by atoms with van der Waals surface area (Å²) in [4.78, 5) is 41.6. The maximum Gasteiger partial charge on any atom is 0.272 e. The van der Waals surface area contributed by atoms with Crippen molar-refractivity contribution in [3.8, 4) is 0 Å². The van der Waals surface area contributed by atoms with E-state index in [9.17, 15) is 14.4 Å². The van der Waals surface area contributed by atoms with Crippen LogP contribution >= 0.6 is 11.3 Å². The Balaban J connectivity index is 1.21. The van der Waals surface area contributed by atoms with E-state index in [1.165, 1.54) is 11.3 Å². The zero-order valence-electron chi connectivity index (χ0n) is 21.5. The Morgan fingerprint density at radius 1 is 1.03 bits per heavy atom. The lowest BCUT2D eigenvalue weighted by Gasteiger charge is -2.36. The number of fused-ring (bicyclic) bond motifs is 3. The number of hydrogen-bond acceptors (Lipinski definition) is 7. The first-order valence-electron chi connectivity index (χ1n) is 12.8. The van der Waals surface area contributed by atoms with Crippen molar-refractivity contribution in [3.63, 3.8) is 0 Å². The zero-order chi connectivity index (χ0) is 26.1. The first-order valence-corrected chi connectivity index (χ1v) is 13.7. The highest BCUT2D eigenvalue weighted by atomic mass is 32.1. The fraction of sp³-hybridized carbons (Fsp3) is 0.444. The van der Waals surface area contributed by atoms with Gasteiger partial charge in [0.25, 0.3) is 5.56 Å². The summed E-state index contributed by atoms with van der Waals surface area (Å²) < 4.78 is 4.41. The molecule has 1 saturated heterocycles. The number of benzene rings is 1. The Labute approximate surface area is 219 Å². The van der Waals surface area contributed by atoms with Gasteiger partial charge in [0.1, 0.15) is 10.5 Å². The lowest BCUT2D eigenvalue weighted by molar-refractivity contribution is -0.131. The Bertz CT molecular complexity index is 1490. The Morgan fingerprint density at radius 3 is 2.43 bits per heavy atom. The fourth-order valence-corrected chi connectivity index (χ4v) is 5.77. The van der Waals surface area contributed by atoms with Gasteiger partial charge in [-0.1, -0.05) is 13.8 Å². The van der Waals surface area contributed by atoms with Crippen molar-refractivity contribution in [3.05, 3.63) is 57.5 Å². The third-order valence-corrected chi connectivity index (χ3v) is 7.78. The van der Waals surface area contributed by atoms with Crippen LogP contribution in [0.4, 0.5) is 5.69 Å². The van der Waals surface area contributed by atoms with E-state index < -0.39 is 0 Å². The minimum absolute atomic E-state index is 0.0192. The molecule has 0 atom stereocenters. The van der Waals surface area contributed by atoms with E-state index in [2.05, 4.69) is 28.9 Å². The number of Topliss-reactive ketones (excluding diaryl/α,β-unsaturated/α-hetero) is 1. The van der Waals surface area contributed by atoms with Crippen LogP contribution in [0, 0.1) is 5.92 Å². The van der Waals surface area contributed by atoms with E-state index in [4.69, 9.17) is 0 Å². The van der Waals surface area contributed by atoms with E-state index in [-0.39, 0.29) is 17.2 Å². The molecule has 4 heterocycles. The van der Waals surface area contributed by atoms with E-state index >= 15 is 0 Å². The number of amides is 1. The smallest absolute Gasteiger partial charge is 0.272 e. The number of ketones is 1. The van der Waals surface area contributed by atoms with Crippen molar-refractivity contribution in [2.45, 2.75) is 46.6 Å². The summed E-state index contributed by atoms with van der Waals surface area (Å²) in [6, 6.07) is 9.61. The van der Waals surface area contributed by atoms with Crippen LogP contribution in [0.1, 0.15) is 49.8 Å². The first-order chi connectivity index (χ1) is 17.8. The van der Waals surface area contributed by atoms with Gasteiger partial charge in [-0.2, -0.15) is 0 Å². The molecule has 37 heavy (non-hydrogen) atoms. The molecule has 194 valence electrons. The summed E-state index contributed by atoms with van der Waals surface area (Å²) in [6.45, 7) is 9.20. The van der Waals surface area contributed by atoms with Crippen molar-refractivity contribution in [2.75, 3.05) is 31.1 Å². The molecular formula is C27H32N6O3S. The van der Waals surface area contributed by atoms with Crippen LogP contribution in [0.15, 0.2) is 40.5 Å². The molecule has 1 aromatic carbocycles. The van der Waals surface area contributed by atoms with E-state index in [0.717, 1.165) is 30.1 Å². The van der Waals surface area contributed by atoms with Gasteiger partial charge < -0.3 is 9.80 Å². The van der Waals surface area contributed by atoms with Crippen molar-refractivity contribution >= 4 is 44.7 Å². The van der Waals surface area contributed by atoms with Gasteiger partial charge in [-0.15, -0.1) is 21.5 Å². The highest BCUT2D eigenvalue weighted by Gasteiger charge is 2.22. The molecule has 0 saturated carbocycles. The number of anilines is 1. The third kappa shape index (κ3) is 5.02. The number of thiophene rings is 1. The van der Waals surface area contributed by atoms with Gasteiger partial charge in [0, 0.05) is 56.8 Å². The number of aryl methyl sites for hydroxylation is 1. The van der Waals surface area contributed by atoms with Crippen LogP contribution in [0.5, 0.6) is 0 Å². The minimum Gasteiger partial charge on any atom is -0.368 e. The quantitative estimate of drug-likeness (QED) is 0.330. The highest BCUT2D eigenvalue weighted by Crippen LogP contribution is 2.22. The van der Waals surface area contributed by atoms with Gasteiger partial charge in [0.2, 0.25) is 11.7 Å². The Hall–Kier alpha value is -3.53. The van der Waals surface area contributed by atoms with E-state index in [1.807, 2.05) is 45.0 Å². The van der Waals surface area contributed by atoms with Crippen LogP contribution < -0.4 is 10.5 Å². The third-order valence-electron chi connectivity index (χ3n) is 6.89. The predicted octanol–water partition coefficient (Wildman–Crippen LogP) is 3.64. The number of rotatable bonds is 8. The molecule has 10 heteroatoms. The highest BCUT2D eigenvalue weighted by molar-refractivity contribution is 7.17. The molecule has 1 amide bonds. The van der Waals surface area contributed by atoms with Crippen molar-refractivity contribution in [1.29, 1.82) is 0 Å². The van der Waals surface area contributed by atoms with Crippen LogP contribution in [0.2, 0.25) is 0 Å². The Morgan fingerprint density at radius 2 is 1.76 bits per heavy atom. The van der Waals surface area contributed by atoms with Crippen LogP contribution in [0.25, 0.3) is 16.0 Å². The van der Waals surface area contributed by atoms with Crippen LogP contribution in [0.3, 0.4) is 0 Å². The van der Waals surface area contributed by atoms with Gasteiger partial charge in [-0.05, 0) is 55.0 Å². The van der Waals surface area contributed by atoms with Crippen molar-refractivity contribution in [2.24, 2.45) is 5.92 Å². The molecule has 0 aliphatic carbocycles. The van der Waals surface area contributed by atoms with E-state index in [0.29, 0.717) is 60.9 Å². The van der Waals surface area contributed by atoms with Crippen LogP contribution in [-0.2, 0) is 17.8 Å². The summed E-state index contributed by atoms with van der Waals surface area (Å²) >= 11 is 1.44. The molecule has 0 bridgehead atoms. The maximum atomic E-state index is 13.0. The molecule has 4 aromatic rings. The lowest BCUT2D eigenvalue weighted by Crippen LogP contribution is -2.48. The number of nitrogens with zero attached hydrogens (tertiary/aromatic N) is 6. The first kappa shape index (κ1) is 25.1. The van der Waals surface area contributed by atoms with E-state index in [1.54, 1.807) is 11.5 Å². The Kier molecular flexibility index (Phi) is 7.10. The molecule has 5 rings (SSSR count). The fourth-order valence-electron chi connectivity index (χ4n) is 4.95. The molecule has 1 fully saturated rings. The second kappa shape index (κ2) is 10.5. The molecule has 3 aromatic heterocycles. The number of aromatic nitrogens is 4. The molecule has 1 aliphatic heterocycles. The minimum atomic E-state index is -0.0192. The molecule has 9 nitrogen and oxygen atoms in total. The monoisotopic (exact) mass is 520 g/mol. The molecule has 0 unspecified atom stereocenters. The topological polar surface area (TPSA) is 92.8 Å². The zero-order valence-corrected chi connectivity index (χ0v) is 22.3. The summed E-state index contributed by atoms with van der Waals surface area (Å²) in [5.41, 5.74) is 2.60. The largest absolute Gasteiger partial charge is 0.368 e. The molecule has 0 N–H and O–H groups in total. The van der Waals surface area contributed by atoms with Crippen molar-refractivity contribution in [1.82, 2.24) is 24.1 Å². The molecular weight excluding hydrogens is 488 g/mol. The average molecular weight is 521 g/mol. The maximum absolute atomic E-state index is 13.0. The second-order valence-electron chi connectivity index (χ2n) is 10.0. The number of carbonyl (C=O) groups is 2. The average Bonchev–Trinajstić information content (AvgIpc) is 3.54. The molecule has 0 spiro atoms. The predicted molar refractivity (Wildman–Crippen MR) is 146 cm³/mol. The second-order valence-corrected chi connectivity index (χ2v) is 10.9. The number of hydrogen-bond donors (Lipinski definition) is 0. The SMILES string of the molecule is CC(=O)c1ccc(N2CCN(C(=O)CCCc3nnc4n(CC(C)C)c(=O)c5sccc5n34)CC2)cc1. The normalized spacial score (nSPS) is 14.3. The number of carbonyl (C=O) groups excluding carboxylic acids is 2. The number of piperazine rings is 1. The summed E-state index contributed by atoms with van der Waals surface area (Å²) in [7, 11) is 0. The van der Waals surface area contributed by atoms with Crippen LogP contribution in [-0.4, -0.2) is 61.9 Å². The molecule has 1 aliphatic rings. The molecule has 0 radical (unpaired) electrons. The van der Waals surface area contributed by atoms with Gasteiger partial charge in [-0.25, -0.2) is 0 Å². The summed E-state index contributed by atoms with van der Waals surface area (Å²) in [6.07, 6.45) is 1.72. The summed E-state index contributed by atoms with van der Waals surface area (Å²) in [5.74, 6) is 1.86. The standard InChI is InChI=1S/C27H32N6O3S/c1-18(2)17-32-26(36)25-22(11-16-37-25)33-23(28-29-27(32)33)5-4-6-24(35)31-14-12-30(13-15-31)21-9-7-20(8-10-21)19(3)34/h7-11,16,18H,4-6,12-15,17H2,1-3H3. The summed E-state index contributed by atoms with van der Waals surface area (Å²) in [5, 5.41) is 10.7. The lowest BCUT2D eigenvalue weighted by atomic mass is 10.1.